The monoisotopic (exact) mass is 354 g/mol. The summed E-state index contributed by atoms with van der Waals surface area (Å²) in [6.45, 7) is 3.48. The predicted octanol–water partition coefficient (Wildman–Crippen LogP) is 4.70. The Bertz CT molecular complexity index is 532. The van der Waals surface area contributed by atoms with Gasteiger partial charge in [0.2, 0.25) is 0 Å². The van der Waals surface area contributed by atoms with Crippen molar-refractivity contribution in [3.8, 4) is 0 Å². The molecule has 5 heteroatoms. The summed E-state index contributed by atoms with van der Waals surface area (Å²) in [7, 11) is 0. The predicted molar refractivity (Wildman–Crippen MR) is 98.8 cm³/mol. The van der Waals surface area contributed by atoms with Crippen LogP contribution < -0.4 is 4.90 Å². The van der Waals surface area contributed by atoms with Gasteiger partial charge in [-0.05, 0) is 43.3 Å². The van der Waals surface area contributed by atoms with E-state index in [1.165, 1.54) is 31.7 Å². The molecule has 1 aromatic rings. The molecule has 0 aromatic heterocycles. The van der Waals surface area contributed by atoms with Crippen LogP contribution in [0.3, 0.4) is 0 Å². The topological polar surface area (TPSA) is 6.48 Å². The Morgan fingerprint density at radius 3 is 2.83 bits per heavy atom. The fraction of sp³-hybridized carbons (Fsp3) is 0.556. The molecule has 2 unspecified atom stereocenters. The van der Waals surface area contributed by atoms with Crippen LogP contribution in [0.5, 0.6) is 0 Å². The number of nitrogens with zero attached hydrogens (tertiary/aromatic N) is 2. The summed E-state index contributed by atoms with van der Waals surface area (Å²) in [4.78, 5) is 4.39. The minimum absolute atomic E-state index is 0.0362. The molecule has 2 atom stereocenters. The molecule has 2 heterocycles. The Morgan fingerprint density at radius 2 is 2.09 bits per heavy atom. The summed E-state index contributed by atoms with van der Waals surface area (Å²) < 4.78 is 13.9. The van der Waals surface area contributed by atoms with Crippen LogP contribution in [0.1, 0.15) is 25.7 Å². The molecule has 0 radical (unpaired) electrons. The molecule has 1 fully saturated rings. The summed E-state index contributed by atoms with van der Waals surface area (Å²) in [6, 6.07) is 6.96. The Morgan fingerprint density at radius 1 is 1.22 bits per heavy atom. The third-order valence-electron chi connectivity index (χ3n) is 4.61. The van der Waals surface area contributed by atoms with Crippen molar-refractivity contribution in [3.63, 3.8) is 0 Å². The lowest BCUT2D eigenvalue weighted by molar-refractivity contribution is 0.225. The van der Waals surface area contributed by atoms with Crippen molar-refractivity contribution in [2.45, 2.75) is 36.4 Å². The standard InChI is InChI=1S/C18H24ClFN2S/c19-18-14-22(17-9-2-1-8-16(17)20)12-11-21(18)10-4-3-6-15-7-5-13-23-15/h1-2,5,8-9,13,15,18H,3-4,6-7,10-12,14H2. The van der Waals surface area contributed by atoms with Gasteiger partial charge in [0.1, 0.15) is 11.3 Å². The van der Waals surface area contributed by atoms with E-state index in [1.807, 2.05) is 23.9 Å². The quantitative estimate of drug-likeness (QED) is 0.415. The highest BCUT2D eigenvalue weighted by molar-refractivity contribution is 8.03. The second-order valence-corrected chi connectivity index (χ2v) is 7.94. The van der Waals surface area contributed by atoms with E-state index in [9.17, 15) is 4.39 Å². The van der Waals surface area contributed by atoms with Crippen molar-refractivity contribution in [1.82, 2.24) is 4.90 Å². The van der Waals surface area contributed by atoms with Crippen LogP contribution in [-0.2, 0) is 0 Å². The minimum Gasteiger partial charge on any atom is -0.365 e. The highest BCUT2D eigenvalue weighted by Gasteiger charge is 2.26. The van der Waals surface area contributed by atoms with Gasteiger partial charge in [-0.3, -0.25) is 4.90 Å². The lowest BCUT2D eigenvalue weighted by Gasteiger charge is -2.39. The number of piperazine rings is 1. The third kappa shape index (κ3) is 4.65. The van der Waals surface area contributed by atoms with Gasteiger partial charge in [-0.1, -0.05) is 24.6 Å². The molecule has 3 rings (SSSR count). The van der Waals surface area contributed by atoms with Gasteiger partial charge in [-0.25, -0.2) is 4.39 Å². The van der Waals surface area contributed by atoms with Crippen LogP contribution in [0.15, 0.2) is 35.7 Å². The average molecular weight is 355 g/mol. The summed E-state index contributed by atoms with van der Waals surface area (Å²) in [5.41, 5.74) is 0.634. The molecule has 2 aliphatic heterocycles. The first-order valence-electron chi connectivity index (χ1n) is 8.42. The van der Waals surface area contributed by atoms with Gasteiger partial charge < -0.3 is 4.90 Å². The summed E-state index contributed by atoms with van der Waals surface area (Å²) in [5, 5.41) is 3.01. The number of hydrogen-bond donors (Lipinski definition) is 0. The third-order valence-corrected chi connectivity index (χ3v) is 6.18. The van der Waals surface area contributed by atoms with Crippen molar-refractivity contribution in [1.29, 1.82) is 0 Å². The molecule has 2 aliphatic rings. The van der Waals surface area contributed by atoms with Gasteiger partial charge >= 0.3 is 0 Å². The molecule has 1 aromatic carbocycles. The minimum atomic E-state index is -0.160. The smallest absolute Gasteiger partial charge is 0.146 e. The number of allylic oxidation sites excluding steroid dienone is 1. The molecule has 0 saturated carbocycles. The molecular formula is C18H24ClFN2S. The van der Waals surface area contributed by atoms with Crippen LogP contribution in [0, 0.1) is 5.82 Å². The number of unbranched alkanes of at least 4 members (excludes halogenated alkanes) is 1. The number of hydrogen-bond acceptors (Lipinski definition) is 3. The van der Waals surface area contributed by atoms with E-state index < -0.39 is 0 Å². The van der Waals surface area contributed by atoms with E-state index in [0.29, 0.717) is 12.2 Å². The van der Waals surface area contributed by atoms with Crippen molar-refractivity contribution >= 4 is 29.1 Å². The first-order valence-corrected chi connectivity index (χ1v) is 9.80. The van der Waals surface area contributed by atoms with Crippen molar-refractivity contribution in [3.05, 3.63) is 41.6 Å². The second-order valence-electron chi connectivity index (χ2n) is 6.23. The first kappa shape index (κ1) is 17.1. The lowest BCUT2D eigenvalue weighted by Crippen LogP contribution is -2.51. The number of benzene rings is 1. The summed E-state index contributed by atoms with van der Waals surface area (Å²) in [6.07, 6.45) is 7.24. The average Bonchev–Trinajstić information content (AvgIpc) is 3.06. The Kier molecular flexibility index (Phi) is 6.26. The maximum atomic E-state index is 13.9. The Hall–Kier alpha value is -0.710. The molecule has 0 amide bonds. The van der Waals surface area contributed by atoms with Gasteiger partial charge in [0.15, 0.2) is 0 Å². The number of anilines is 1. The molecular weight excluding hydrogens is 331 g/mol. The highest BCUT2D eigenvalue weighted by Crippen LogP contribution is 2.28. The number of alkyl halides is 1. The molecule has 2 nitrogen and oxygen atoms in total. The van der Waals surface area contributed by atoms with Gasteiger partial charge in [0, 0.05) is 24.9 Å². The molecule has 1 saturated heterocycles. The normalized spacial score (nSPS) is 25.2. The van der Waals surface area contributed by atoms with Gasteiger partial charge in [0.05, 0.1) is 5.69 Å². The molecule has 23 heavy (non-hydrogen) atoms. The van der Waals surface area contributed by atoms with Crippen LogP contribution >= 0.6 is 23.4 Å². The maximum absolute atomic E-state index is 13.9. The fourth-order valence-corrected chi connectivity index (χ4v) is 4.59. The molecule has 0 bridgehead atoms. The maximum Gasteiger partial charge on any atom is 0.146 e. The summed E-state index contributed by atoms with van der Waals surface area (Å²) >= 11 is 8.50. The van der Waals surface area contributed by atoms with Gasteiger partial charge in [0.25, 0.3) is 0 Å². The van der Waals surface area contributed by atoms with Crippen molar-refractivity contribution in [2.75, 3.05) is 31.1 Å². The number of para-hydroxylation sites is 1. The van der Waals surface area contributed by atoms with Crippen LogP contribution in [0.4, 0.5) is 10.1 Å². The van der Waals surface area contributed by atoms with E-state index in [2.05, 4.69) is 21.3 Å². The van der Waals surface area contributed by atoms with Gasteiger partial charge in [-0.2, -0.15) is 0 Å². The van der Waals surface area contributed by atoms with Crippen LogP contribution in [0.2, 0.25) is 0 Å². The molecule has 126 valence electrons. The highest BCUT2D eigenvalue weighted by atomic mass is 35.5. The van der Waals surface area contributed by atoms with E-state index >= 15 is 0 Å². The van der Waals surface area contributed by atoms with Crippen molar-refractivity contribution in [2.24, 2.45) is 0 Å². The zero-order valence-corrected chi connectivity index (χ0v) is 14.9. The van der Waals surface area contributed by atoms with Crippen molar-refractivity contribution < 1.29 is 4.39 Å². The van der Waals surface area contributed by atoms with E-state index in [0.717, 1.165) is 24.9 Å². The fourth-order valence-electron chi connectivity index (χ4n) is 3.26. The Labute approximate surface area is 147 Å². The van der Waals surface area contributed by atoms with E-state index in [4.69, 9.17) is 11.6 Å². The van der Waals surface area contributed by atoms with Crippen LogP contribution in [0.25, 0.3) is 0 Å². The number of rotatable bonds is 6. The zero-order valence-electron chi connectivity index (χ0n) is 13.3. The van der Waals surface area contributed by atoms with E-state index in [-0.39, 0.29) is 11.3 Å². The lowest BCUT2D eigenvalue weighted by atomic mass is 10.1. The van der Waals surface area contributed by atoms with Crippen LogP contribution in [-0.4, -0.2) is 41.8 Å². The molecule has 0 aliphatic carbocycles. The Balaban J connectivity index is 1.41. The largest absolute Gasteiger partial charge is 0.365 e. The number of thioether (sulfide) groups is 1. The molecule has 0 N–H and O–H groups in total. The first-order chi connectivity index (χ1) is 11.2. The summed E-state index contributed by atoms with van der Waals surface area (Å²) in [5.74, 6) is -0.160. The SMILES string of the molecule is Fc1ccccc1N1CCN(CCCCC2CC=CS2)C(Cl)C1. The molecule has 0 spiro atoms. The van der Waals surface area contributed by atoms with E-state index in [1.54, 1.807) is 6.07 Å². The zero-order chi connectivity index (χ0) is 16.1. The second kappa shape index (κ2) is 8.41. The number of halogens is 2. The van der Waals surface area contributed by atoms with Gasteiger partial charge in [-0.15, -0.1) is 23.4 Å².